The van der Waals surface area contributed by atoms with E-state index in [1.54, 1.807) is 24.3 Å². The molecule has 1 unspecified atom stereocenters. The molecule has 1 aromatic rings. The lowest BCUT2D eigenvalue weighted by Crippen LogP contribution is -2.76. The number of amides is 2. The number of alkyl halides is 1. The van der Waals surface area contributed by atoms with Crippen molar-refractivity contribution in [3.63, 3.8) is 0 Å². The van der Waals surface area contributed by atoms with Gasteiger partial charge < -0.3 is 11.1 Å². The van der Waals surface area contributed by atoms with Crippen LogP contribution in [-0.4, -0.2) is 36.1 Å². The summed E-state index contributed by atoms with van der Waals surface area (Å²) in [4.78, 5) is 26.3. The maximum absolute atomic E-state index is 12.0. The van der Waals surface area contributed by atoms with E-state index in [-0.39, 0.29) is 11.8 Å². The summed E-state index contributed by atoms with van der Waals surface area (Å²) in [6, 6.07) is 7.95. The van der Waals surface area contributed by atoms with Gasteiger partial charge in [0.25, 0.3) is 11.7 Å². The molecule has 114 valence electrons. The third kappa shape index (κ3) is 6.27. The Labute approximate surface area is 128 Å². The number of halogens is 1. The van der Waals surface area contributed by atoms with Crippen LogP contribution in [0.4, 0.5) is 0 Å². The van der Waals surface area contributed by atoms with Crippen molar-refractivity contribution in [2.24, 2.45) is 11.5 Å². The molecule has 6 nitrogen and oxygen atoms in total. The molecule has 1 aromatic carbocycles. The number of carbonyl (C=O) groups is 2. The minimum absolute atomic E-state index is 0.226. The second-order valence-corrected chi connectivity index (χ2v) is 4.79. The van der Waals surface area contributed by atoms with Crippen LogP contribution in [0, 0.1) is 0 Å². The van der Waals surface area contributed by atoms with Crippen molar-refractivity contribution in [2.75, 3.05) is 12.4 Å². The van der Waals surface area contributed by atoms with E-state index < -0.39 is 11.9 Å². The number of amidine groups is 1. The predicted octanol–water partition coefficient (Wildman–Crippen LogP) is -1.27. The first kappa shape index (κ1) is 17.0. The van der Waals surface area contributed by atoms with E-state index in [1.807, 2.05) is 6.07 Å². The summed E-state index contributed by atoms with van der Waals surface area (Å²) < 4.78 is 0. The number of carbonyl (C=O) groups excluding carboxylic acids is 2. The van der Waals surface area contributed by atoms with Crippen molar-refractivity contribution in [1.29, 1.82) is 0 Å². The number of nitrogens with two attached hydrogens (primary N) is 2. The van der Waals surface area contributed by atoms with Crippen LogP contribution in [-0.2, 0) is 4.79 Å². The van der Waals surface area contributed by atoms with E-state index in [4.69, 9.17) is 23.1 Å². The molecule has 21 heavy (non-hydrogen) atoms. The summed E-state index contributed by atoms with van der Waals surface area (Å²) in [5.41, 5.74) is 11.3. The fourth-order valence-electron chi connectivity index (χ4n) is 1.72. The molecule has 0 radical (unpaired) electrons. The summed E-state index contributed by atoms with van der Waals surface area (Å²) in [7, 11) is 0. The van der Waals surface area contributed by atoms with Gasteiger partial charge in [0, 0.05) is 5.56 Å². The summed E-state index contributed by atoms with van der Waals surface area (Å²) >= 11 is 5.52. The number of hydrogen-bond donors (Lipinski definition) is 4. The van der Waals surface area contributed by atoms with Crippen molar-refractivity contribution in [1.82, 2.24) is 5.32 Å². The van der Waals surface area contributed by atoms with Crippen LogP contribution in [0.25, 0.3) is 0 Å². The van der Waals surface area contributed by atoms with E-state index in [0.29, 0.717) is 30.8 Å². The normalized spacial score (nSPS) is 12.7. The van der Waals surface area contributed by atoms with Crippen LogP contribution in [0.3, 0.4) is 0 Å². The summed E-state index contributed by atoms with van der Waals surface area (Å²) in [5, 5.41) is 2.63. The summed E-state index contributed by atoms with van der Waals surface area (Å²) in [6.45, 7) is 0.559. The van der Waals surface area contributed by atoms with Gasteiger partial charge in [-0.3, -0.25) is 20.3 Å². The highest BCUT2D eigenvalue weighted by molar-refractivity contribution is 6.27. The topological polar surface area (TPSA) is 112 Å². The number of benzene rings is 1. The fraction of sp³-hybridized carbons (Fsp3) is 0.357. The van der Waals surface area contributed by atoms with Gasteiger partial charge in [0.05, 0.1) is 6.54 Å². The molecule has 0 saturated carbocycles. The van der Waals surface area contributed by atoms with E-state index in [1.165, 1.54) is 0 Å². The quantitative estimate of drug-likeness (QED) is 0.208. The van der Waals surface area contributed by atoms with Crippen molar-refractivity contribution in [2.45, 2.75) is 18.9 Å². The van der Waals surface area contributed by atoms with E-state index >= 15 is 0 Å². The molecule has 0 heterocycles. The van der Waals surface area contributed by atoms with Crippen LogP contribution in [0.2, 0.25) is 0 Å². The van der Waals surface area contributed by atoms with Gasteiger partial charge in [-0.1, -0.05) is 18.2 Å². The standard InChI is InChI=1S/C14H19ClN4O2/c15-9-12(16)18-8-4-7-11(13(17)20)19-14(21)10-5-2-1-3-6-10/h1-3,5-6,11H,4,7-9H2,(H2,16,18)(H2,17,20)(H,19,21)/p+1. The predicted molar refractivity (Wildman–Crippen MR) is 81.9 cm³/mol. The van der Waals surface area contributed by atoms with Crippen molar-refractivity contribution < 1.29 is 14.6 Å². The van der Waals surface area contributed by atoms with Crippen molar-refractivity contribution in [3.8, 4) is 0 Å². The fourth-order valence-corrected chi connectivity index (χ4v) is 1.81. The molecule has 0 aliphatic carbocycles. The maximum atomic E-state index is 12.0. The van der Waals surface area contributed by atoms with Gasteiger partial charge >= 0.3 is 0 Å². The zero-order valence-corrected chi connectivity index (χ0v) is 12.4. The molecular formula is C14H20ClN4O2+. The Hall–Kier alpha value is -2.08. The Bertz CT molecular complexity index is 505. The second kappa shape index (κ2) is 8.97. The summed E-state index contributed by atoms with van der Waals surface area (Å²) in [6.07, 6.45) is 1.05. The Morgan fingerprint density at radius 2 is 1.90 bits per heavy atom. The van der Waals surface area contributed by atoms with Gasteiger partial charge in [-0.05, 0) is 25.0 Å². The number of nitrogens with one attached hydrogen (secondary N) is 2. The minimum atomic E-state index is -0.711. The Balaban J connectivity index is 2.51. The first-order chi connectivity index (χ1) is 10.0. The van der Waals surface area contributed by atoms with Crippen LogP contribution >= 0.6 is 11.6 Å². The van der Waals surface area contributed by atoms with Gasteiger partial charge in [0.15, 0.2) is 0 Å². The zero-order valence-electron chi connectivity index (χ0n) is 11.6. The molecular weight excluding hydrogens is 292 g/mol. The molecule has 0 bridgehead atoms. The lowest BCUT2D eigenvalue weighted by molar-refractivity contribution is -0.459. The van der Waals surface area contributed by atoms with Crippen LogP contribution in [0.1, 0.15) is 23.2 Å². The maximum Gasteiger partial charge on any atom is 0.255 e. The first-order valence-electron chi connectivity index (χ1n) is 6.61. The molecule has 0 aliphatic heterocycles. The van der Waals surface area contributed by atoms with E-state index in [0.717, 1.165) is 0 Å². The van der Waals surface area contributed by atoms with Gasteiger partial charge in [-0.2, -0.15) is 0 Å². The Morgan fingerprint density at radius 1 is 1.24 bits per heavy atom. The number of rotatable bonds is 8. The van der Waals surface area contributed by atoms with Crippen molar-refractivity contribution in [3.05, 3.63) is 35.9 Å². The van der Waals surface area contributed by atoms with E-state index in [9.17, 15) is 9.59 Å². The molecule has 0 aliphatic rings. The molecule has 7 heteroatoms. The largest absolute Gasteiger partial charge is 0.368 e. The molecule has 1 atom stereocenters. The van der Waals surface area contributed by atoms with Gasteiger partial charge in [-0.15, -0.1) is 11.6 Å². The number of primary amides is 1. The lowest BCUT2D eigenvalue weighted by Gasteiger charge is -2.14. The Morgan fingerprint density at radius 3 is 2.48 bits per heavy atom. The Kier molecular flexibility index (Phi) is 7.25. The monoisotopic (exact) mass is 311 g/mol. The molecule has 0 saturated heterocycles. The highest BCUT2D eigenvalue weighted by Gasteiger charge is 2.18. The lowest BCUT2D eigenvalue weighted by atomic mass is 10.1. The smallest absolute Gasteiger partial charge is 0.255 e. The molecule has 0 fully saturated rings. The summed E-state index contributed by atoms with van der Waals surface area (Å²) in [5.74, 6) is -0.183. The second-order valence-electron chi connectivity index (χ2n) is 4.52. The van der Waals surface area contributed by atoms with Crippen LogP contribution in [0.15, 0.2) is 30.3 Å². The molecule has 2 amide bonds. The number of hydrogen-bond acceptors (Lipinski definition) is 2. The van der Waals surface area contributed by atoms with Gasteiger partial charge in [0.1, 0.15) is 11.9 Å². The van der Waals surface area contributed by atoms with Crippen molar-refractivity contribution >= 4 is 29.3 Å². The van der Waals surface area contributed by atoms with Gasteiger partial charge in [0.2, 0.25) is 5.91 Å². The first-order valence-corrected chi connectivity index (χ1v) is 7.14. The van der Waals surface area contributed by atoms with E-state index in [2.05, 4.69) is 10.3 Å². The van der Waals surface area contributed by atoms with Gasteiger partial charge in [-0.25, -0.2) is 0 Å². The third-order valence-corrected chi connectivity index (χ3v) is 3.14. The molecule has 0 spiro atoms. The third-order valence-electron chi connectivity index (χ3n) is 2.85. The molecule has 1 rings (SSSR count). The highest BCUT2D eigenvalue weighted by Crippen LogP contribution is 2.01. The minimum Gasteiger partial charge on any atom is -0.368 e. The SMILES string of the molecule is NC(=O)C(CCC[NH+]=C(N)CCl)NC(=O)c1ccccc1. The average Bonchev–Trinajstić information content (AvgIpc) is 2.50. The average molecular weight is 312 g/mol. The zero-order chi connectivity index (χ0) is 15.7. The highest BCUT2D eigenvalue weighted by atomic mass is 35.5. The van der Waals surface area contributed by atoms with Crippen LogP contribution < -0.4 is 21.8 Å². The van der Waals surface area contributed by atoms with Crippen LogP contribution in [0.5, 0.6) is 0 Å². The molecule has 6 N–H and O–H groups in total. The molecule has 0 aromatic heterocycles.